The Morgan fingerprint density at radius 1 is 1.25 bits per heavy atom. The summed E-state index contributed by atoms with van der Waals surface area (Å²) in [6, 6.07) is 0. The summed E-state index contributed by atoms with van der Waals surface area (Å²) in [5, 5.41) is 0. The van der Waals surface area contributed by atoms with E-state index in [0.717, 1.165) is 12.3 Å². The molecule has 0 saturated heterocycles. The van der Waals surface area contributed by atoms with Gasteiger partial charge in [-0.15, -0.1) is 0 Å². The molecule has 1 heteroatoms. The molecule has 0 aliphatic heterocycles. The summed E-state index contributed by atoms with van der Waals surface area (Å²) in [4.78, 5) is 12.2. The zero-order valence-electron chi connectivity index (χ0n) is 10.7. The highest BCUT2D eigenvalue weighted by molar-refractivity contribution is 5.85. The van der Waals surface area contributed by atoms with E-state index in [-0.39, 0.29) is 0 Å². The summed E-state index contributed by atoms with van der Waals surface area (Å²) >= 11 is 0. The lowest BCUT2D eigenvalue weighted by Crippen LogP contribution is -2.68. The van der Waals surface area contributed by atoms with Gasteiger partial charge in [-0.1, -0.05) is 20.8 Å². The van der Waals surface area contributed by atoms with Gasteiger partial charge in [-0.2, -0.15) is 0 Å². The van der Waals surface area contributed by atoms with Crippen LogP contribution >= 0.6 is 0 Å². The van der Waals surface area contributed by atoms with Crippen LogP contribution in [0.5, 0.6) is 0 Å². The van der Waals surface area contributed by atoms with Gasteiger partial charge >= 0.3 is 0 Å². The van der Waals surface area contributed by atoms with Crippen LogP contribution in [0.15, 0.2) is 0 Å². The fourth-order valence-corrected chi connectivity index (χ4v) is 6.74. The first-order chi connectivity index (χ1) is 7.46. The first kappa shape index (κ1) is 9.67. The quantitative estimate of drug-likeness (QED) is 0.609. The predicted molar refractivity (Wildman–Crippen MR) is 62.9 cm³/mol. The van der Waals surface area contributed by atoms with Crippen LogP contribution in [0, 0.1) is 34.0 Å². The molecule has 0 aromatic rings. The third kappa shape index (κ3) is 0.616. The molecule has 0 aromatic carbocycles. The first-order valence-electron chi connectivity index (χ1n) is 6.98. The monoisotopic (exact) mass is 218 g/mol. The topological polar surface area (TPSA) is 17.1 Å². The Morgan fingerprint density at radius 3 is 2.75 bits per heavy atom. The summed E-state index contributed by atoms with van der Waals surface area (Å²) in [7, 11) is 0. The van der Waals surface area contributed by atoms with Crippen molar-refractivity contribution < 1.29 is 4.79 Å². The number of fused-ring (bicyclic) bond motifs is 2. The summed E-state index contributed by atoms with van der Waals surface area (Å²) in [6.07, 6.45) is 6.38. The molecule has 0 heterocycles. The predicted octanol–water partition coefficient (Wildman–Crippen LogP) is 3.43. The van der Waals surface area contributed by atoms with Crippen molar-refractivity contribution in [1.82, 2.24) is 0 Å². The fourth-order valence-electron chi connectivity index (χ4n) is 6.74. The molecule has 1 unspecified atom stereocenters. The number of rotatable bonds is 0. The zero-order chi connectivity index (χ0) is 11.3. The highest BCUT2D eigenvalue weighted by Crippen LogP contribution is 2.86. The maximum Gasteiger partial charge on any atom is 0.136 e. The lowest BCUT2D eigenvalue weighted by atomic mass is 9.32. The van der Waals surface area contributed by atoms with E-state index in [1.165, 1.54) is 25.7 Å². The second-order valence-electron chi connectivity index (χ2n) is 7.54. The number of hydrogen-bond acceptors (Lipinski definition) is 1. The maximum absolute atomic E-state index is 12.2. The molecule has 4 fully saturated rings. The Bertz CT molecular complexity index is 400. The number of carbonyl (C=O) groups is 1. The van der Waals surface area contributed by atoms with Gasteiger partial charge in [-0.05, 0) is 53.8 Å². The van der Waals surface area contributed by atoms with Crippen molar-refractivity contribution in [3.63, 3.8) is 0 Å². The van der Waals surface area contributed by atoms with Gasteiger partial charge in [-0.25, -0.2) is 0 Å². The Labute approximate surface area is 98.0 Å². The largest absolute Gasteiger partial charge is 0.299 e. The van der Waals surface area contributed by atoms with Gasteiger partial charge in [0.15, 0.2) is 0 Å². The molecule has 4 aliphatic carbocycles. The molecule has 0 N–H and O–H groups in total. The molecule has 1 nitrogen and oxygen atoms in total. The van der Waals surface area contributed by atoms with Crippen molar-refractivity contribution in [2.24, 2.45) is 34.0 Å². The summed E-state index contributed by atoms with van der Waals surface area (Å²) in [5.41, 5.74) is 1.43. The summed E-state index contributed by atoms with van der Waals surface area (Å²) in [6.45, 7) is 7.31. The molecule has 0 aromatic heterocycles. The number of ketones is 1. The number of hydrogen-bond donors (Lipinski definition) is 0. The Morgan fingerprint density at radius 2 is 2.00 bits per heavy atom. The molecule has 0 amide bonds. The molecular formula is C15H22O. The van der Waals surface area contributed by atoms with Crippen molar-refractivity contribution in [2.75, 3.05) is 0 Å². The maximum atomic E-state index is 12.2. The molecule has 88 valence electrons. The van der Waals surface area contributed by atoms with E-state index in [2.05, 4.69) is 20.8 Å². The second kappa shape index (κ2) is 2.28. The lowest BCUT2D eigenvalue weighted by molar-refractivity contribution is -0.225. The second-order valence-corrected chi connectivity index (χ2v) is 7.54. The van der Waals surface area contributed by atoms with Crippen LogP contribution < -0.4 is 0 Å². The lowest BCUT2D eigenvalue weighted by Gasteiger charge is -2.70. The van der Waals surface area contributed by atoms with Crippen molar-refractivity contribution >= 4 is 5.78 Å². The van der Waals surface area contributed by atoms with Gasteiger partial charge in [0.05, 0.1) is 0 Å². The summed E-state index contributed by atoms with van der Waals surface area (Å²) < 4.78 is 0. The third-order valence-corrected chi connectivity index (χ3v) is 7.84. The molecule has 6 atom stereocenters. The third-order valence-electron chi connectivity index (χ3n) is 7.84. The van der Waals surface area contributed by atoms with E-state index >= 15 is 0 Å². The Balaban J connectivity index is 1.93. The summed E-state index contributed by atoms with van der Waals surface area (Å²) in [5.74, 6) is 2.60. The van der Waals surface area contributed by atoms with Gasteiger partial charge in [-0.3, -0.25) is 4.79 Å². The van der Waals surface area contributed by atoms with E-state index < -0.39 is 0 Å². The van der Waals surface area contributed by atoms with Crippen molar-refractivity contribution in [3.05, 3.63) is 0 Å². The average Bonchev–Trinajstić information content (AvgIpc) is 2.72. The molecule has 4 rings (SSSR count). The van der Waals surface area contributed by atoms with Gasteiger partial charge in [0, 0.05) is 12.3 Å². The normalized spacial score (nSPS) is 66.7. The van der Waals surface area contributed by atoms with Crippen LogP contribution in [-0.4, -0.2) is 5.78 Å². The molecular weight excluding hydrogens is 196 g/mol. The SMILES string of the molecule is CC1CC(=O)[C@H]2C[C@]3(C)[C@@H]4CC[C@]1(C4)[C@]23C. The molecule has 4 saturated carbocycles. The van der Waals surface area contributed by atoms with E-state index in [9.17, 15) is 4.79 Å². The van der Waals surface area contributed by atoms with Crippen molar-refractivity contribution in [3.8, 4) is 0 Å². The van der Waals surface area contributed by atoms with Gasteiger partial charge < -0.3 is 0 Å². The Hall–Kier alpha value is -0.330. The average molecular weight is 218 g/mol. The molecule has 0 radical (unpaired) electrons. The van der Waals surface area contributed by atoms with Crippen molar-refractivity contribution in [2.45, 2.75) is 52.9 Å². The fraction of sp³-hybridized carbons (Fsp3) is 0.933. The molecule has 4 aliphatic rings. The number of Topliss-reactive ketones (excluding diaryl/α,β-unsaturated/α-hetero) is 1. The molecule has 2 bridgehead atoms. The van der Waals surface area contributed by atoms with Crippen LogP contribution in [0.2, 0.25) is 0 Å². The van der Waals surface area contributed by atoms with Gasteiger partial charge in [0.1, 0.15) is 5.78 Å². The molecule has 16 heavy (non-hydrogen) atoms. The van der Waals surface area contributed by atoms with E-state index in [4.69, 9.17) is 0 Å². The van der Waals surface area contributed by atoms with Crippen LogP contribution in [0.25, 0.3) is 0 Å². The smallest absolute Gasteiger partial charge is 0.136 e. The van der Waals surface area contributed by atoms with Crippen LogP contribution in [0.1, 0.15) is 52.9 Å². The highest BCUT2D eigenvalue weighted by Gasteiger charge is 2.81. The molecule has 1 spiro atoms. The first-order valence-corrected chi connectivity index (χ1v) is 6.98. The minimum atomic E-state index is 0.373. The number of carbonyl (C=O) groups excluding carboxylic acids is 1. The zero-order valence-corrected chi connectivity index (χ0v) is 10.7. The highest BCUT2D eigenvalue weighted by atomic mass is 16.1. The van der Waals surface area contributed by atoms with Gasteiger partial charge in [0.25, 0.3) is 0 Å². The van der Waals surface area contributed by atoms with E-state index in [0.29, 0.717) is 33.9 Å². The minimum Gasteiger partial charge on any atom is -0.299 e. The van der Waals surface area contributed by atoms with Crippen molar-refractivity contribution in [1.29, 1.82) is 0 Å². The van der Waals surface area contributed by atoms with Gasteiger partial charge in [0.2, 0.25) is 0 Å². The van der Waals surface area contributed by atoms with Crippen LogP contribution in [0.4, 0.5) is 0 Å². The van der Waals surface area contributed by atoms with Crippen LogP contribution in [0.3, 0.4) is 0 Å². The Kier molecular flexibility index (Phi) is 1.38. The van der Waals surface area contributed by atoms with E-state index in [1.54, 1.807) is 0 Å². The standard InChI is InChI=1S/C15H22O/c1-9-6-12(16)11-8-13(2)10-4-5-15(9,7-10)14(11,13)3/h9-11H,4-8H2,1-3H3/t9?,10-,11-,13-,14-,15-/m1/s1. The van der Waals surface area contributed by atoms with Crippen LogP contribution in [-0.2, 0) is 4.79 Å². The van der Waals surface area contributed by atoms with E-state index in [1.807, 2.05) is 0 Å². The minimum absolute atomic E-state index is 0.373.